The number of fused-ring (bicyclic) bond motifs is 1. The summed E-state index contributed by atoms with van der Waals surface area (Å²) in [6, 6.07) is 9.99. The smallest absolute Gasteiger partial charge is 0.410 e. The Balaban J connectivity index is 1.80. The molecule has 0 bridgehead atoms. The number of likely N-dealkylation sites (tertiary alicyclic amines) is 1. The van der Waals surface area contributed by atoms with Crippen LogP contribution in [0.2, 0.25) is 0 Å². The summed E-state index contributed by atoms with van der Waals surface area (Å²) < 4.78 is 7.62. The highest BCUT2D eigenvalue weighted by Crippen LogP contribution is 2.24. The third-order valence-electron chi connectivity index (χ3n) is 4.63. The molecule has 1 aliphatic heterocycles. The van der Waals surface area contributed by atoms with Gasteiger partial charge >= 0.3 is 6.09 Å². The van der Waals surface area contributed by atoms with Gasteiger partial charge < -0.3 is 14.2 Å². The number of nitrogens with zero attached hydrogens (tertiary/aromatic N) is 3. The van der Waals surface area contributed by atoms with Gasteiger partial charge in [0.15, 0.2) is 0 Å². The van der Waals surface area contributed by atoms with E-state index in [1.165, 1.54) is 0 Å². The molecule has 0 radical (unpaired) electrons. The van der Waals surface area contributed by atoms with E-state index in [0.29, 0.717) is 5.56 Å². The van der Waals surface area contributed by atoms with Gasteiger partial charge in [0.25, 0.3) is 0 Å². The Kier molecular flexibility index (Phi) is 4.78. The number of ether oxygens (including phenoxy) is 1. The Labute approximate surface area is 154 Å². The molecule has 1 aromatic carbocycles. The first-order valence-electron chi connectivity index (χ1n) is 8.96. The van der Waals surface area contributed by atoms with E-state index >= 15 is 0 Å². The SMILES string of the molecule is Cn1c(C=C[C@@H]2CCCN2C(=O)OC(C)(C)C)cc2cc(C#N)ccc21. The molecular formula is C21H25N3O2. The number of amides is 1. The molecule has 0 saturated carbocycles. The molecule has 2 heterocycles. The van der Waals surface area contributed by atoms with Crippen LogP contribution in [0.25, 0.3) is 17.0 Å². The second kappa shape index (κ2) is 6.87. The van der Waals surface area contributed by atoms with E-state index in [0.717, 1.165) is 36.0 Å². The number of carbonyl (C=O) groups excluding carboxylic acids is 1. The molecule has 2 aromatic rings. The molecule has 1 aromatic heterocycles. The van der Waals surface area contributed by atoms with Gasteiger partial charge in [-0.25, -0.2) is 4.79 Å². The monoisotopic (exact) mass is 351 g/mol. The lowest BCUT2D eigenvalue weighted by molar-refractivity contribution is 0.0256. The summed E-state index contributed by atoms with van der Waals surface area (Å²) in [5.74, 6) is 0. The Morgan fingerprint density at radius 3 is 2.81 bits per heavy atom. The summed E-state index contributed by atoms with van der Waals surface area (Å²) in [7, 11) is 2.01. The van der Waals surface area contributed by atoms with Crippen molar-refractivity contribution in [2.75, 3.05) is 6.54 Å². The minimum Gasteiger partial charge on any atom is -0.444 e. The number of benzene rings is 1. The Morgan fingerprint density at radius 1 is 1.35 bits per heavy atom. The first-order chi connectivity index (χ1) is 12.3. The van der Waals surface area contributed by atoms with E-state index in [2.05, 4.69) is 28.9 Å². The first kappa shape index (κ1) is 18.1. The summed E-state index contributed by atoms with van der Waals surface area (Å²) in [5.41, 5.74) is 2.30. The molecule has 1 amide bonds. The van der Waals surface area contributed by atoms with Gasteiger partial charge in [0.05, 0.1) is 17.7 Å². The molecule has 5 nitrogen and oxygen atoms in total. The van der Waals surface area contributed by atoms with Gasteiger partial charge in [-0.3, -0.25) is 0 Å². The molecule has 0 N–H and O–H groups in total. The first-order valence-corrected chi connectivity index (χ1v) is 8.96. The largest absolute Gasteiger partial charge is 0.444 e. The zero-order chi connectivity index (χ0) is 18.9. The van der Waals surface area contributed by atoms with Crippen molar-refractivity contribution in [2.45, 2.75) is 45.3 Å². The fourth-order valence-electron chi connectivity index (χ4n) is 3.35. The maximum absolute atomic E-state index is 12.4. The van der Waals surface area contributed by atoms with E-state index in [1.54, 1.807) is 4.90 Å². The van der Waals surface area contributed by atoms with Crippen molar-refractivity contribution in [1.29, 1.82) is 5.26 Å². The van der Waals surface area contributed by atoms with Crippen LogP contribution in [0.5, 0.6) is 0 Å². The van der Waals surface area contributed by atoms with Gasteiger partial charge in [-0.05, 0) is 64.0 Å². The summed E-state index contributed by atoms with van der Waals surface area (Å²) >= 11 is 0. The van der Waals surface area contributed by atoms with Gasteiger partial charge in [0, 0.05) is 30.2 Å². The quantitative estimate of drug-likeness (QED) is 0.802. The van der Waals surface area contributed by atoms with Crippen LogP contribution in [0.4, 0.5) is 4.79 Å². The van der Waals surface area contributed by atoms with Gasteiger partial charge in [-0.1, -0.05) is 6.08 Å². The van der Waals surface area contributed by atoms with E-state index in [9.17, 15) is 4.79 Å². The average molecular weight is 351 g/mol. The Morgan fingerprint density at radius 2 is 2.12 bits per heavy atom. The highest BCUT2D eigenvalue weighted by atomic mass is 16.6. The van der Waals surface area contributed by atoms with Crippen molar-refractivity contribution in [1.82, 2.24) is 9.47 Å². The number of nitriles is 1. The summed E-state index contributed by atoms with van der Waals surface area (Å²) in [4.78, 5) is 14.2. The number of hydrogen-bond donors (Lipinski definition) is 0. The Hall–Kier alpha value is -2.74. The molecule has 5 heteroatoms. The molecule has 1 aliphatic rings. The van der Waals surface area contributed by atoms with Gasteiger partial charge in [-0.2, -0.15) is 5.26 Å². The molecule has 0 unspecified atom stereocenters. The number of aromatic nitrogens is 1. The average Bonchev–Trinajstić information content (AvgIpc) is 3.16. The fourth-order valence-corrected chi connectivity index (χ4v) is 3.35. The van der Waals surface area contributed by atoms with Crippen LogP contribution in [0.1, 0.15) is 44.9 Å². The standard InChI is InChI=1S/C21H25N3O2/c1-21(2,3)26-20(25)24-11-5-6-17(24)8-9-18-13-16-12-15(14-22)7-10-19(16)23(18)4/h7-10,12-13,17H,5-6,11H2,1-4H3/t17-/m0/s1. The lowest BCUT2D eigenvalue weighted by Gasteiger charge is -2.27. The maximum atomic E-state index is 12.4. The minimum absolute atomic E-state index is 0.0533. The molecule has 26 heavy (non-hydrogen) atoms. The van der Waals surface area contributed by atoms with Crippen LogP contribution in [0, 0.1) is 11.3 Å². The molecule has 1 saturated heterocycles. The summed E-state index contributed by atoms with van der Waals surface area (Å²) in [5, 5.41) is 10.1. The number of carbonyl (C=O) groups is 1. The highest BCUT2D eigenvalue weighted by molar-refractivity contribution is 5.85. The molecule has 1 atom stereocenters. The van der Waals surface area contributed by atoms with E-state index in [-0.39, 0.29) is 12.1 Å². The zero-order valence-corrected chi connectivity index (χ0v) is 15.8. The molecule has 0 aliphatic carbocycles. The number of rotatable bonds is 2. The van der Waals surface area contributed by atoms with Gasteiger partial charge in [-0.15, -0.1) is 0 Å². The fraction of sp³-hybridized carbons (Fsp3) is 0.429. The third-order valence-corrected chi connectivity index (χ3v) is 4.63. The van der Waals surface area contributed by atoms with E-state index in [4.69, 9.17) is 10.00 Å². The van der Waals surface area contributed by atoms with Crippen LogP contribution < -0.4 is 0 Å². The lowest BCUT2D eigenvalue weighted by Crippen LogP contribution is -2.39. The molecule has 3 rings (SSSR count). The highest BCUT2D eigenvalue weighted by Gasteiger charge is 2.30. The van der Waals surface area contributed by atoms with Crippen LogP contribution in [-0.4, -0.2) is 33.7 Å². The number of aryl methyl sites for hydroxylation is 1. The Bertz CT molecular complexity index is 896. The minimum atomic E-state index is -0.484. The van der Waals surface area contributed by atoms with E-state index < -0.39 is 5.60 Å². The second-order valence-electron chi connectivity index (χ2n) is 7.76. The molecule has 136 valence electrons. The van der Waals surface area contributed by atoms with Crippen molar-refractivity contribution >= 4 is 23.1 Å². The molecule has 1 fully saturated rings. The zero-order valence-electron chi connectivity index (χ0n) is 15.8. The van der Waals surface area contributed by atoms with E-state index in [1.807, 2.05) is 46.0 Å². The lowest BCUT2D eigenvalue weighted by atomic mass is 10.1. The predicted octanol–water partition coefficient (Wildman–Crippen LogP) is 4.46. The van der Waals surface area contributed by atoms with Crippen LogP contribution in [0.3, 0.4) is 0 Å². The van der Waals surface area contributed by atoms with Crippen molar-refractivity contribution in [3.63, 3.8) is 0 Å². The maximum Gasteiger partial charge on any atom is 0.410 e. The third kappa shape index (κ3) is 3.75. The van der Waals surface area contributed by atoms with Crippen LogP contribution >= 0.6 is 0 Å². The summed E-state index contributed by atoms with van der Waals surface area (Å²) in [6.07, 6.45) is 5.81. The van der Waals surface area contributed by atoms with Crippen molar-refractivity contribution < 1.29 is 9.53 Å². The topological polar surface area (TPSA) is 58.3 Å². The van der Waals surface area contributed by atoms with Crippen LogP contribution in [0.15, 0.2) is 30.3 Å². The van der Waals surface area contributed by atoms with Crippen molar-refractivity contribution in [3.05, 3.63) is 41.6 Å². The predicted molar refractivity (Wildman–Crippen MR) is 103 cm³/mol. The second-order valence-corrected chi connectivity index (χ2v) is 7.76. The normalized spacial score (nSPS) is 17.8. The van der Waals surface area contributed by atoms with Gasteiger partial charge in [0.2, 0.25) is 0 Å². The number of hydrogen-bond acceptors (Lipinski definition) is 3. The summed E-state index contributed by atoms with van der Waals surface area (Å²) in [6.45, 7) is 6.38. The van der Waals surface area contributed by atoms with Crippen molar-refractivity contribution in [2.24, 2.45) is 7.05 Å². The van der Waals surface area contributed by atoms with Crippen LogP contribution in [-0.2, 0) is 11.8 Å². The molecular weight excluding hydrogens is 326 g/mol. The van der Waals surface area contributed by atoms with Crippen molar-refractivity contribution in [3.8, 4) is 6.07 Å². The molecule has 0 spiro atoms. The van der Waals surface area contributed by atoms with Gasteiger partial charge in [0.1, 0.15) is 5.60 Å².